The number of hydrogen-bond acceptors (Lipinski definition) is 3. The van der Waals surface area contributed by atoms with Gasteiger partial charge in [-0.25, -0.2) is 4.79 Å². The number of halogens is 1. The predicted molar refractivity (Wildman–Crippen MR) is 82.2 cm³/mol. The van der Waals surface area contributed by atoms with Crippen LogP contribution in [0.4, 0.5) is 5.69 Å². The number of benzene rings is 2. The van der Waals surface area contributed by atoms with E-state index in [0.29, 0.717) is 14.8 Å². The first-order chi connectivity index (χ1) is 9.47. The van der Waals surface area contributed by atoms with Gasteiger partial charge in [0, 0.05) is 11.3 Å². The van der Waals surface area contributed by atoms with Crippen LogP contribution in [0.15, 0.2) is 42.5 Å². The van der Waals surface area contributed by atoms with Gasteiger partial charge in [-0.2, -0.15) is 0 Å². The van der Waals surface area contributed by atoms with E-state index in [0.717, 1.165) is 0 Å². The zero-order valence-corrected chi connectivity index (χ0v) is 12.3. The lowest BCUT2D eigenvalue weighted by molar-refractivity contribution is 0.0696. The van der Waals surface area contributed by atoms with Crippen LogP contribution in [0.1, 0.15) is 20.7 Å². The second-order valence-corrected chi connectivity index (χ2v) is 5.17. The summed E-state index contributed by atoms with van der Waals surface area (Å²) in [5.74, 6) is -1.36. The van der Waals surface area contributed by atoms with Crippen LogP contribution in [0.3, 0.4) is 0 Å². The van der Waals surface area contributed by atoms with Crippen LogP contribution in [0.2, 0.25) is 0 Å². The summed E-state index contributed by atoms with van der Waals surface area (Å²) in [5, 5.41) is 21.0. The second kappa shape index (κ2) is 5.91. The topological polar surface area (TPSA) is 86.6 Å². The van der Waals surface area contributed by atoms with Crippen molar-refractivity contribution in [1.29, 1.82) is 0 Å². The van der Waals surface area contributed by atoms with Gasteiger partial charge in [-0.05, 0) is 65.1 Å². The highest BCUT2D eigenvalue weighted by molar-refractivity contribution is 14.1. The molecule has 6 heteroatoms. The number of carbonyl (C=O) groups excluding carboxylic acids is 1. The maximum absolute atomic E-state index is 12.0. The first-order valence-electron chi connectivity index (χ1n) is 5.60. The van der Waals surface area contributed by atoms with Gasteiger partial charge in [0.1, 0.15) is 5.75 Å². The van der Waals surface area contributed by atoms with E-state index in [1.165, 1.54) is 30.3 Å². The molecular formula is C14H10INO4. The minimum atomic E-state index is -1.02. The third-order valence-electron chi connectivity index (χ3n) is 2.60. The largest absolute Gasteiger partial charge is 0.507 e. The van der Waals surface area contributed by atoms with Crippen molar-refractivity contribution in [3.05, 3.63) is 57.2 Å². The molecule has 1 amide bonds. The molecule has 0 heterocycles. The maximum Gasteiger partial charge on any atom is 0.335 e. The van der Waals surface area contributed by atoms with Crippen molar-refractivity contribution in [2.24, 2.45) is 0 Å². The number of rotatable bonds is 3. The van der Waals surface area contributed by atoms with Crippen molar-refractivity contribution in [3.63, 3.8) is 0 Å². The van der Waals surface area contributed by atoms with Gasteiger partial charge >= 0.3 is 5.97 Å². The molecule has 0 fully saturated rings. The molecule has 3 N–H and O–H groups in total. The summed E-state index contributed by atoms with van der Waals surface area (Å²) in [5.41, 5.74) is 0.957. The molecule has 0 aliphatic rings. The fourth-order valence-corrected chi connectivity index (χ4v) is 1.89. The van der Waals surface area contributed by atoms with Gasteiger partial charge in [-0.3, -0.25) is 4.79 Å². The van der Waals surface area contributed by atoms with Gasteiger partial charge < -0.3 is 15.5 Å². The van der Waals surface area contributed by atoms with E-state index in [2.05, 4.69) is 5.32 Å². The van der Waals surface area contributed by atoms with Crippen molar-refractivity contribution in [2.45, 2.75) is 0 Å². The van der Waals surface area contributed by atoms with Gasteiger partial charge in [0.25, 0.3) is 5.91 Å². The van der Waals surface area contributed by atoms with Crippen LogP contribution in [-0.2, 0) is 0 Å². The Morgan fingerprint density at radius 1 is 1.00 bits per heavy atom. The fourth-order valence-electron chi connectivity index (χ4n) is 1.55. The molecular weight excluding hydrogens is 373 g/mol. The van der Waals surface area contributed by atoms with Crippen molar-refractivity contribution < 1.29 is 19.8 Å². The number of anilines is 1. The lowest BCUT2D eigenvalue weighted by Crippen LogP contribution is -2.12. The molecule has 0 aliphatic carbocycles. The number of hydrogen-bond donors (Lipinski definition) is 3. The number of amides is 1. The van der Waals surface area contributed by atoms with E-state index in [1.807, 2.05) is 22.6 Å². The van der Waals surface area contributed by atoms with Crippen LogP contribution in [0, 0.1) is 3.57 Å². The molecule has 0 unspecified atom stereocenters. The molecule has 0 atom stereocenters. The van der Waals surface area contributed by atoms with E-state index in [1.54, 1.807) is 12.1 Å². The molecule has 0 aromatic heterocycles. The first-order valence-corrected chi connectivity index (χ1v) is 6.68. The first kappa shape index (κ1) is 14.3. The fraction of sp³-hybridized carbons (Fsp3) is 0. The van der Waals surface area contributed by atoms with E-state index < -0.39 is 5.97 Å². The van der Waals surface area contributed by atoms with Crippen molar-refractivity contribution in [1.82, 2.24) is 0 Å². The van der Waals surface area contributed by atoms with Crippen molar-refractivity contribution >= 4 is 40.2 Å². The quantitative estimate of drug-likeness (QED) is 0.712. The summed E-state index contributed by atoms with van der Waals surface area (Å²) in [6.45, 7) is 0. The molecule has 5 nitrogen and oxygen atoms in total. The summed E-state index contributed by atoms with van der Waals surface area (Å²) in [6.07, 6.45) is 0. The number of aromatic carboxylic acids is 1. The number of phenols is 1. The normalized spacial score (nSPS) is 10.1. The lowest BCUT2D eigenvalue weighted by atomic mass is 10.1. The van der Waals surface area contributed by atoms with Crippen LogP contribution >= 0.6 is 22.6 Å². The minimum absolute atomic E-state index is 0.0412. The summed E-state index contributed by atoms with van der Waals surface area (Å²) in [6, 6.07) is 10.4. The Morgan fingerprint density at radius 3 is 2.15 bits per heavy atom. The number of aromatic hydroxyl groups is 1. The van der Waals surface area contributed by atoms with Crippen molar-refractivity contribution in [3.8, 4) is 5.75 Å². The molecule has 2 aromatic rings. The zero-order valence-electron chi connectivity index (χ0n) is 10.1. The van der Waals surface area contributed by atoms with Gasteiger partial charge in [0.2, 0.25) is 0 Å². The second-order valence-electron chi connectivity index (χ2n) is 4.00. The molecule has 0 saturated heterocycles. The Bertz CT molecular complexity index is 667. The zero-order chi connectivity index (χ0) is 14.7. The molecule has 20 heavy (non-hydrogen) atoms. The molecule has 0 spiro atoms. The number of nitrogens with one attached hydrogen (secondary N) is 1. The Labute approximate surface area is 128 Å². The number of carbonyl (C=O) groups is 2. The highest BCUT2D eigenvalue weighted by Gasteiger charge is 2.09. The monoisotopic (exact) mass is 383 g/mol. The summed E-state index contributed by atoms with van der Waals surface area (Å²) in [7, 11) is 0. The standard InChI is InChI=1S/C14H10INO4/c15-11-6-3-9(7-12(11)17)13(18)16-10-4-1-8(2-5-10)14(19)20/h1-7,17H,(H,16,18)(H,19,20). The Hall–Kier alpha value is -2.09. The van der Waals surface area contributed by atoms with Gasteiger partial charge in [0.15, 0.2) is 0 Å². The minimum Gasteiger partial charge on any atom is -0.507 e. The number of carboxylic acid groups (broad SMARTS) is 1. The van der Waals surface area contributed by atoms with Crippen LogP contribution < -0.4 is 5.32 Å². The summed E-state index contributed by atoms with van der Waals surface area (Å²) >= 11 is 1.96. The highest BCUT2D eigenvalue weighted by Crippen LogP contribution is 2.21. The Kier molecular flexibility index (Phi) is 4.23. The van der Waals surface area contributed by atoms with Crippen LogP contribution in [0.25, 0.3) is 0 Å². The third-order valence-corrected chi connectivity index (χ3v) is 3.51. The molecule has 0 aliphatic heterocycles. The predicted octanol–water partition coefficient (Wildman–Crippen LogP) is 2.95. The van der Waals surface area contributed by atoms with E-state index in [4.69, 9.17) is 5.11 Å². The third kappa shape index (κ3) is 3.27. The summed E-state index contributed by atoms with van der Waals surface area (Å²) < 4.78 is 0.657. The van der Waals surface area contributed by atoms with E-state index >= 15 is 0 Å². The highest BCUT2D eigenvalue weighted by atomic mass is 127. The van der Waals surface area contributed by atoms with E-state index in [9.17, 15) is 14.7 Å². The average molecular weight is 383 g/mol. The smallest absolute Gasteiger partial charge is 0.335 e. The number of carboxylic acids is 1. The van der Waals surface area contributed by atoms with E-state index in [-0.39, 0.29) is 17.2 Å². The maximum atomic E-state index is 12.0. The average Bonchev–Trinajstić information content (AvgIpc) is 2.42. The van der Waals surface area contributed by atoms with Gasteiger partial charge in [-0.15, -0.1) is 0 Å². The molecule has 102 valence electrons. The van der Waals surface area contributed by atoms with Gasteiger partial charge in [0.05, 0.1) is 9.13 Å². The molecule has 0 saturated carbocycles. The van der Waals surface area contributed by atoms with Crippen molar-refractivity contribution in [2.75, 3.05) is 5.32 Å². The lowest BCUT2D eigenvalue weighted by Gasteiger charge is -2.06. The number of phenolic OH excluding ortho intramolecular Hbond substituents is 1. The van der Waals surface area contributed by atoms with Gasteiger partial charge in [-0.1, -0.05) is 0 Å². The Balaban J connectivity index is 2.14. The molecule has 0 radical (unpaired) electrons. The van der Waals surface area contributed by atoms with Crippen LogP contribution in [-0.4, -0.2) is 22.1 Å². The molecule has 2 aromatic carbocycles. The molecule has 0 bridgehead atoms. The van der Waals surface area contributed by atoms with Crippen LogP contribution in [0.5, 0.6) is 5.75 Å². The Morgan fingerprint density at radius 2 is 1.60 bits per heavy atom. The summed E-state index contributed by atoms with van der Waals surface area (Å²) in [4.78, 5) is 22.7. The SMILES string of the molecule is O=C(O)c1ccc(NC(=O)c2ccc(I)c(O)c2)cc1. The molecule has 2 rings (SSSR count).